The van der Waals surface area contributed by atoms with Gasteiger partial charge in [-0.25, -0.2) is 4.68 Å². The summed E-state index contributed by atoms with van der Waals surface area (Å²) < 4.78 is 1.69. The number of anilines is 1. The van der Waals surface area contributed by atoms with Gasteiger partial charge >= 0.3 is 0 Å². The number of aromatic nitrogens is 3. The van der Waals surface area contributed by atoms with Gasteiger partial charge in [0.15, 0.2) is 6.29 Å². The first-order chi connectivity index (χ1) is 8.79. The topological polar surface area (TPSA) is 73.8 Å². The van der Waals surface area contributed by atoms with Gasteiger partial charge in [0.1, 0.15) is 5.52 Å². The molecule has 0 fully saturated rings. The molecule has 0 spiro atoms. The van der Waals surface area contributed by atoms with Crippen LogP contribution in [0.15, 0.2) is 42.5 Å². The van der Waals surface area contributed by atoms with Crippen LogP contribution in [-0.4, -0.2) is 21.3 Å². The first-order valence-corrected chi connectivity index (χ1v) is 5.45. The van der Waals surface area contributed by atoms with Crippen molar-refractivity contribution in [1.82, 2.24) is 15.0 Å². The molecule has 0 amide bonds. The van der Waals surface area contributed by atoms with Crippen LogP contribution in [0.3, 0.4) is 0 Å². The van der Waals surface area contributed by atoms with Crippen LogP contribution in [0.25, 0.3) is 16.7 Å². The normalized spacial score (nSPS) is 10.7. The number of hydrogen-bond donors (Lipinski definition) is 1. The van der Waals surface area contributed by atoms with E-state index in [1.165, 1.54) is 0 Å². The standard InChI is InChI=1S/C13H10N4O/c14-11-7-10(6-5-9(11)8-18)17-13-4-2-1-3-12(13)15-16-17/h1-8H,14H2. The van der Waals surface area contributed by atoms with Crippen molar-refractivity contribution in [2.24, 2.45) is 0 Å². The molecule has 0 bridgehead atoms. The quantitative estimate of drug-likeness (QED) is 0.546. The number of aldehydes is 1. The van der Waals surface area contributed by atoms with E-state index in [2.05, 4.69) is 10.3 Å². The molecule has 0 saturated carbocycles. The predicted molar refractivity (Wildman–Crippen MR) is 68.7 cm³/mol. The summed E-state index contributed by atoms with van der Waals surface area (Å²) in [4.78, 5) is 10.7. The fourth-order valence-corrected chi connectivity index (χ4v) is 1.86. The largest absolute Gasteiger partial charge is 0.398 e. The summed E-state index contributed by atoms with van der Waals surface area (Å²) in [6, 6.07) is 12.8. The van der Waals surface area contributed by atoms with Gasteiger partial charge in [0, 0.05) is 11.3 Å². The summed E-state index contributed by atoms with van der Waals surface area (Å²) in [5, 5.41) is 8.15. The second-order valence-electron chi connectivity index (χ2n) is 3.92. The third kappa shape index (κ3) is 1.53. The number of carbonyl (C=O) groups is 1. The Labute approximate surface area is 103 Å². The molecular formula is C13H10N4O. The molecule has 2 aromatic carbocycles. The molecule has 1 heterocycles. The van der Waals surface area contributed by atoms with E-state index in [1.54, 1.807) is 22.9 Å². The highest BCUT2D eigenvalue weighted by Gasteiger charge is 2.07. The van der Waals surface area contributed by atoms with E-state index in [0.29, 0.717) is 11.3 Å². The van der Waals surface area contributed by atoms with Gasteiger partial charge in [-0.1, -0.05) is 17.3 Å². The fourth-order valence-electron chi connectivity index (χ4n) is 1.86. The van der Waals surface area contributed by atoms with Gasteiger partial charge in [-0.2, -0.15) is 0 Å². The average Bonchev–Trinajstić information content (AvgIpc) is 2.82. The molecule has 2 N–H and O–H groups in total. The molecule has 88 valence electrons. The molecule has 5 nitrogen and oxygen atoms in total. The zero-order chi connectivity index (χ0) is 12.5. The molecule has 0 aliphatic rings. The van der Waals surface area contributed by atoms with E-state index in [-0.39, 0.29) is 0 Å². The van der Waals surface area contributed by atoms with Gasteiger partial charge in [-0.3, -0.25) is 4.79 Å². The Morgan fingerprint density at radius 2 is 2.00 bits per heavy atom. The van der Waals surface area contributed by atoms with Gasteiger partial charge in [-0.05, 0) is 30.3 Å². The highest BCUT2D eigenvalue weighted by Crippen LogP contribution is 2.19. The van der Waals surface area contributed by atoms with E-state index in [4.69, 9.17) is 5.73 Å². The smallest absolute Gasteiger partial charge is 0.152 e. The number of carbonyl (C=O) groups excluding carboxylic acids is 1. The van der Waals surface area contributed by atoms with E-state index in [1.807, 2.05) is 24.3 Å². The summed E-state index contributed by atoms with van der Waals surface area (Å²) in [5.41, 5.74) is 9.20. The lowest BCUT2D eigenvalue weighted by atomic mass is 10.2. The maximum absolute atomic E-state index is 10.7. The molecule has 0 unspecified atom stereocenters. The highest BCUT2D eigenvalue weighted by molar-refractivity contribution is 5.84. The van der Waals surface area contributed by atoms with Crippen molar-refractivity contribution in [2.45, 2.75) is 0 Å². The monoisotopic (exact) mass is 238 g/mol. The summed E-state index contributed by atoms with van der Waals surface area (Å²) in [7, 11) is 0. The SMILES string of the molecule is Nc1cc(-n2nnc3ccccc32)ccc1C=O. The van der Waals surface area contributed by atoms with Gasteiger partial charge in [0.25, 0.3) is 0 Å². The third-order valence-corrected chi connectivity index (χ3v) is 2.79. The molecule has 3 aromatic rings. The summed E-state index contributed by atoms with van der Waals surface area (Å²) in [5.74, 6) is 0. The molecule has 0 saturated heterocycles. The van der Waals surface area contributed by atoms with E-state index >= 15 is 0 Å². The van der Waals surface area contributed by atoms with Crippen LogP contribution in [0.2, 0.25) is 0 Å². The molecule has 0 atom stereocenters. The first-order valence-electron chi connectivity index (χ1n) is 5.45. The van der Waals surface area contributed by atoms with Crippen molar-refractivity contribution in [1.29, 1.82) is 0 Å². The Morgan fingerprint density at radius 3 is 2.78 bits per heavy atom. The zero-order valence-electron chi connectivity index (χ0n) is 9.45. The van der Waals surface area contributed by atoms with Gasteiger partial charge in [0.2, 0.25) is 0 Å². The minimum absolute atomic E-state index is 0.432. The molecule has 0 aliphatic carbocycles. The van der Waals surface area contributed by atoms with E-state index < -0.39 is 0 Å². The molecule has 1 aromatic heterocycles. The minimum Gasteiger partial charge on any atom is -0.398 e. The van der Waals surface area contributed by atoms with Crippen LogP contribution >= 0.6 is 0 Å². The van der Waals surface area contributed by atoms with Crippen molar-refractivity contribution in [3.05, 3.63) is 48.0 Å². The number of nitrogens with zero attached hydrogens (tertiary/aromatic N) is 3. The zero-order valence-corrected chi connectivity index (χ0v) is 9.45. The number of nitrogens with two attached hydrogens (primary N) is 1. The lowest BCUT2D eigenvalue weighted by Gasteiger charge is -2.04. The molecule has 3 rings (SSSR count). The van der Waals surface area contributed by atoms with Crippen LogP contribution in [0.4, 0.5) is 5.69 Å². The Bertz CT molecular complexity index is 733. The Hall–Kier alpha value is -2.69. The summed E-state index contributed by atoms with van der Waals surface area (Å²) in [6.07, 6.45) is 0.735. The molecule has 18 heavy (non-hydrogen) atoms. The number of para-hydroxylation sites is 1. The maximum atomic E-state index is 10.7. The Balaban J connectivity index is 2.20. The van der Waals surface area contributed by atoms with Gasteiger partial charge in [-0.15, -0.1) is 5.10 Å². The van der Waals surface area contributed by atoms with Crippen LogP contribution in [0.1, 0.15) is 10.4 Å². The Kier molecular flexibility index (Phi) is 2.30. The van der Waals surface area contributed by atoms with Crippen LogP contribution in [0.5, 0.6) is 0 Å². The second-order valence-corrected chi connectivity index (χ2v) is 3.92. The highest BCUT2D eigenvalue weighted by atomic mass is 16.1. The lowest BCUT2D eigenvalue weighted by molar-refractivity contribution is 0.112. The number of benzene rings is 2. The fraction of sp³-hybridized carbons (Fsp3) is 0. The molecule has 5 heteroatoms. The van der Waals surface area contributed by atoms with Crippen molar-refractivity contribution in [3.8, 4) is 5.69 Å². The van der Waals surface area contributed by atoms with Crippen LogP contribution in [-0.2, 0) is 0 Å². The van der Waals surface area contributed by atoms with Crippen LogP contribution in [0, 0.1) is 0 Å². The van der Waals surface area contributed by atoms with Crippen molar-refractivity contribution < 1.29 is 4.79 Å². The molecular weight excluding hydrogens is 228 g/mol. The number of nitrogen functional groups attached to an aromatic ring is 1. The second kappa shape index (κ2) is 3.96. The van der Waals surface area contributed by atoms with Crippen LogP contribution < -0.4 is 5.73 Å². The molecule has 0 radical (unpaired) electrons. The summed E-state index contributed by atoms with van der Waals surface area (Å²) in [6.45, 7) is 0. The van der Waals surface area contributed by atoms with E-state index in [9.17, 15) is 4.79 Å². The van der Waals surface area contributed by atoms with Crippen molar-refractivity contribution in [3.63, 3.8) is 0 Å². The third-order valence-electron chi connectivity index (χ3n) is 2.79. The maximum Gasteiger partial charge on any atom is 0.152 e. The van der Waals surface area contributed by atoms with E-state index in [0.717, 1.165) is 23.0 Å². The lowest BCUT2D eigenvalue weighted by Crippen LogP contribution is -2.00. The number of rotatable bonds is 2. The first kappa shape index (κ1) is 10.5. The predicted octanol–water partition coefficient (Wildman–Crippen LogP) is 1.82. The Morgan fingerprint density at radius 1 is 1.17 bits per heavy atom. The van der Waals surface area contributed by atoms with Gasteiger partial charge < -0.3 is 5.73 Å². The van der Waals surface area contributed by atoms with Crippen molar-refractivity contribution >= 4 is 23.0 Å². The van der Waals surface area contributed by atoms with Crippen molar-refractivity contribution in [2.75, 3.05) is 5.73 Å². The minimum atomic E-state index is 0.432. The molecule has 0 aliphatic heterocycles. The number of hydrogen-bond acceptors (Lipinski definition) is 4. The number of fused-ring (bicyclic) bond motifs is 1. The average molecular weight is 238 g/mol. The van der Waals surface area contributed by atoms with Gasteiger partial charge in [0.05, 0.1) is 11.2 Å². The summed E-state index contributed by atoms with van der Waals surface area (Å²) >= 11 is 0.